The van der Waals surface area contributed by atoms with E-state index in [4.69, 9.17) is 10.8 Å². The zero-order valence-electron chi connectivity index (χ0n) is 6.91. The first-order valence-electron chi connectivity index (χ1n) is 3.62. The molecule has 0 aromatic carbocycles. The van der Waals surface area contributed by atoms with Gasteiger partial charge in [0.2, 0.25) is 0 Å². The van der Waals surface area contributed by atoms with Crippen LogP contribution in [0.25, 0.3) is 0 Å². The molecule has 0 aliphatic carbocycles. The highest BCUT2D eigenvalue weighted by atomic mass is 16.5. The number of carbonyl (C=O) groups is 1. The molecule has 66 valence electrons. The molecule has 0 aromatic rings. The van der Waals surface area contributed by atoms with Gasteiger partial charge in [0.25, 0.3) is 0 Å². The second-order valence-electron chi connectivity index (χ2n) is 2.78. The Bertz CT molecular complexity index is 125. The number of nitrogens with two attached hydrogens (primary N) is 1. The Hall–Kier alpha value is -0.610. The number of aliphatic hydroxyl groups is 1. The molecule has 3 N–H and O–H groups in total. The first-order valence-corrected chi connectivity index (χ1v) is 3.62. The molecule has 0 spiro atoms. The topological polar surface area (TPSA) is 72.5 Å². The van der Waals surface area contributed by atoms with E-state index in [0.29, 0.717) is 6.61 Å². The molecule has 4 heteroatoms. The van der Waals surface area contributed by atoms with Crippen molar-refractivity contribution in [2.75, 3.05) is 13.2 Å². The van der Waals surface area contributed by atoms with E-state index in [1.807, 2.05) is 13.8 Å². The summed E-state index contributed by atoms with van der Waals surface area (Å²) in [6.07, 6.45) is -1.17. The Morgan fingerprint density at radius 2 is 2.18 bits per heavy atom. The van der Waals surface area contributed by atoms with Crippen LogP contribution in [-0.4, -0.2) is 30.3 Å². The molecule has 0 aliphatic heterocycles. The van der Waals surface area contributed by atoms with Crippen molar-refractivity contribution in [1.82, 2.24) is 0 Å². The van der Waals surface area contributed by atoms with Crippen molar-refractivity contribution >= 4 is 5.97 Å². The molecule has 0 radical (unpaired) electrons. The maximum Gasteiger partial charge on any atom is 0.336 e. The van der Waals surface area contributed by atoms with Gasteiger partial charge in [-0.2, -0.15) is 0 Å². The summed E-state index contributed by atoms with van der Waals surface area (Å²) in [6, 6.07) is 0. The Balaban J connectivity index is 3.52. The molecular weight excluding hydrogens is 146 g/mol. The predicted molar refractivity (Wildman–Crippen MR) is 40.9 cm³/mol. The van der Waals surface area contributed by atoms with Crippen molar-refractivity contribution in [2.24, 2.45) is 11.7 Å². The van der Waals surface area contributed by atoms with Crippen molar-refractivity contribution in [2.45, 2.75) is 20.0 Å². The Kier molecular flexibility index (Phi) is 4.81. The molecule has 0 rings (SSSR count). The van der Waals surface area contributed by atoms with Gasteiger partial charge >= 0.3 is 5.97 Å². The van der Waals surface area contributed by atoms with E-state index < -0.39 is 12.1 Å². The van der Waals surface area contributed by atoms with Crippen molar-refractivity contribution in [3.63, 3.8) is 0 Å². The Morgan fingerprint density at radius 1 is 1.64 bits per heavy atom. The van der Waals surface area contributed by atoms with E-state index in [2.05, 4.69) is 4.74 Å². The van der Waals surface area contributed by atoms with Gasteiger partial charge in [-0.1, -0.05) is 13.8 Å². The van der Waals surface area contributed by atoms with Gasteiger partial charge in [-0.05, 0) is 5.92 Å². The van der Waals surface area contributed by atoms with Crippen LogP contribution in [0.3, 0.4) is 0 Å². The lowest BCUT2D eigenvalue weighted by molar-refractivity contribution is -0.154. The normalized spacial score (nSPS) is 13.2. The fourth-order valence-corrected chi connectivity index (χ4v) is 0.441. The van der Waals surface area contributed by atoms with Crippen LogP contribution in [0.1, 0.15) is 13.8 Å². The van der Waals surface area contributed by atoms with E-state index in [-0.39, 0.29) is 12.5 Å². The summed E-state index contributed by atoms with van der Waals surface area (Å²) >= 11 is 0. The van der Waals surface area contributed by atoms with Crippen molar-refractivity contribution in [3.05, 3.63) is 0 Å². The lowest BCUT2D eigenvalue weighted by Crippen LogP contribution is -2.31. The lowest BCUT2D eigenvalue weighted by Gasteiger charge is -2.09. The molecule has 0 saturated heterocycles. The summed E-state index contributed by atoms with van der Waals surface area (Å²) in [6.45, 7) is 4.08. The zero-order chi connectivity index (χ0) is 8.85. The average Bonchev–Trinajstić information content (AvgIpc) is 1.98. The monoisotopic (exact) mass is 161 g/mol. The number of carbonyl (C=O) groups excluding carboxylic acids is 1. The van der Waals surface area contributed by atoms with Gasteiger partial charge in [0, 0.05) is 6.54 Å². The first kappa shape index (κ1) is 10.4. The van der Waals surface area contributed by atoms with Gasteiger partial charge in [0.15, 0.2) is 6.10 Å². The molecule has 0 heterocycles. The smallest absolute Gasteiger partial charge is 0.336 e. The van der Waals surface area contributed by atoms with Crippen molar-refractivity contribution < 1.29 is 14.6 Å². The van der Waals surface area contributed by atoms with E-state index >= 15 is 0 Å². The maximum atomic E-state index is 10.7. The van der Waals surface area contributed by atoms with Gasteiger partial charge in [0.1, 0.15) is 0 Å². The standard InChI is InChI=1S/C7H15NO3/c1-5(2)4-11-7(10)6(9)3-8/h5-6,9H,3-4,8H2,1-2H3. The number of aliphatic hydroxyl groups excluding tert-OH is 1. The second-order valence-corrected chi connectivity index (χ2v) is 2.78. The number of hydrogen-bond acceptors (Lipinski definition) is 4. The molecule has 0 amide bonds. The molecule has 0 bridgehead atoms. The maximum absolute atomic E-state index is 10.7. The van der Waals surface area contributed by atoms with Crippen LogP contribution in [0.15, 0.2) is 0 Å². The van der Waals surface area contributed by atoms with Crippen LogP contribution in [0, 0.1) is 5.92 Å². The third-order valence-corrected chi connectivity index (χ3v) is 1.05. The molecular formula is C7H15NO3. The highest BCUT2D eigenvalue weighted by molar-refractivity contribution is 5.74. The Morgan fingerprint density at radius 3 is 2.55 bits per heavy atom. The molecule has 0 aromatic heterocycles. The molecule has 0 aliphatic rings. The lowest BCUT2D eigenvalue weighted by atomic mass is 10.2. The molecule has 11 heavy (non-hydrogen) atoms. The van der Waals surface area contributed by atoms with Crippen LogP contribution in [0.2, 0.25) is 0 Å². The average molecular weight is 161 g/mol. The Labute approximate surface area is 66.3 Å². The largest absolute Gasteiger partial charge is 0.463 e. The fraction of sp³-hybridized carbons (Fsp3) is 0.857. The molecule has 4 nitrogen and oxygen atoms in total. The number of esters is 1. The minimum Gasteiger partial charge on any atom is -0.463 e. The van der Waals surface area contributed by atoms with Crippen LogP contribution in [0.5, 0.6) is 0 Å². The summed E-state index contributed by atoms with van der Waals surface area (Å²) in [5, 5.41) is 8.84. The zero-order valence-corrected chi connectivity index (χ0v) is 6.91. The van der Waals surface area contributed by atoms with E-state index in [1.54, 1.807) is 0 Å². The fourth-order valence-electron chi connectivity index (χ4n) is 0.441. The van der Waals surface area contributed by atoms with Gasteiger partial charge < -0.3 is 15.6 Å². The van der Waals surface area contributed by atoms with Crippen LogP contribution in [0.4, 0.5) is 0 Å². The molecule has 0 saturated carbocycles. The minimum absolute atomic E-state index is 0.0864. The van der Waals surface area contributed by atoms with Gasteiger partial charge in [-0.15, -0.1) is 0 Å². The van der Waals surface area contributed by atoms with Crippen molar-refractivity contribution in [1.29, 1.82) is 0 Å². The van der Waals surface area contributed by atoms with Crippen LogP contribution < -0.4 is 5.73 Å². The minimum atomic E-state index is -1.17. The first-order chi connectivity index (χ1) is 5.07. The van der Waals surface area contributed by atoms with E-state index in [1.165, 1.54) is 0 Å². The second kappa shape index (κ2) is 5.09. The van der Waals surface area contributed by atoms with Crippen molar-refractivity contribution in [3.8, 4) is 0 Å². The van der Waals surface area contributed by atoms with Crippen LogP contribution in [-0.2, 0) is 9.53 Å². The highest BCUT2D eigenvalue weighted by Gasteiger charge is 2.14. The van der Waals surface area contributed by atoms with Gasteiger partial charge in [-0.25, -0.2) is 4.79 Å². The predicted octanol–water partition coefficient (Wildman–Crippen LogP) is -0.495. The number of rotatable bonds is 4. The van der Waals surface area contributed by atoms with E-state index in [0.717, 1.165) is 0 Å². The summed E-state index contributed by atoms with van der Waals surface area (Å²) in [5.74, 6) is -0.356. The number of hydrogen-bond donors (Lipinski definition) is 2. The summed E-state index contributed by atoms with van der Waals surface area (Å²) in [7, 11) is 0. The SMILES string of the molecule is CC(C)COC(=O)C(O)CN. The summed E-state index contributed by atoms with van der Waals surface area (Å²) < 4.78 is 4.69. The highest BCUT2D eigenvalue weighted by Crippen LogP contribution is 1.94. The van der Waals surface area contributed by atoms with Gasteiger partial charge in [0.05, 0.1) is 6.61 Å². The van der Waals surface area contributed by atoms with Gasteiger partial charge in [-0.3, -0.25) is 0 Å². The third-order valence-electron chi connectivity index (χ3n) is 1.05. The third kappa shape index (κ3) is 4.75. The van der Waals surface area contributed by atoms with E-state index in [9.17, 15) is 4.79 Å². The van der Waals surface area contributed by atoms with Crippen LogP contribution >= 0.6 is 0 Å². The number of ether oxygens (including phenoxy) is 1. The molecule has 1 unspecified atom stereocenters. The summed E-state index contributed by atoms with van der Waals surface area (Å²) in [5.41, 5.74) is 5.03. The molecule has 1 atom stereocenters. The summed E-state index contributed by atoms with van der Waals surface area (Å²) in [4.78, 5) is 10.7. The quantitative estimate of drug-likeness (QED) is 0.545. The molecule has 0 fully saturated rings.